The Morgan fingerprint density at radius 3 is 2.73 bits per heavy atom. The Kier molecular flexibility index (Phi) is 4.49. The minimum Gasteiger partial charge on any atom is -0.497 e. The van der Waals surface area contributed by atoms with Gasteiger partial charge in [-0.05, 0) is 38.1 Å². The first-order valence-electron chi connectivity index (χ1n) is 7.59. The van der Waals surface area contributed by atoms with E-state index in [-0.39, 0.29) is 10.8 Å². The number of piperidine rings is 1. The first kappa shape index (κ1) is 15.5. The molecule has 0 aliphatic carbocycles. The van der Waals surface area contributed by atoms with E-state index in [0.717, 1.165) is 38.2 Å². The molecule has 2 fully saturated rings. The Bertz CT molecular complexity index is 558. The van der Waals surface area contributed by atoms with Crippen molar-refractivity contribution in [2.75, 3.05) is 39.6 Å². The molecule has 2 heterocycles. The van der Waals surface area contributed by atoms with Gasteiger partial charge in [0.05, 0.1) is 24.7 Å². The number of rotatable bonds is 3. The quantitative estimate of drug-likeness (QED) is 0.922. The minimum absolute atomic E-state index is 0.0483. The zero-order valence-electron chi connectivity index (χ0n) is 13.1. The third-order valence-electron chi connectivity index (χ3n) is 4.45. The van der Waals surface area contributed by atoms with Crippen LogP contribution in [-0.2, 0) is 0 Å². The van der Waals surface area contributed by atoms with Gasteiger partial charge in [-0.1, -0.05) is 0 Å². The highest BCUT2D eigenvalue weighted by molar-refractivity contribution is 8.00. The Morgan fingerprint density at radius 1 is 1.27 bits per heavy atom. The number of methoxy groups -OCH3 is 2. The second kappa shape index (κ2) is 6.38. The van der Waals surface area contributed by atoms with Crippen LogP contribution in [0.2, 0.25) is 0 Å². The molecule has 0 radical (unpaired) electrons. The third kappa shape index (κ3) is 2.65. The number of carbonyl (C=O) groups is 1. The van der Waals surface area contributed by atoms with E-state index in [1.807, 2.05) is 22.7 Å². The summed E-state index contributed by atoms with van der Waals surface area (Å²) in [7, 11) is 3.20. The fourth-order valence-corrected chi connectivity index (χ4v) is 4.72. The number of nitrogens with zero attached hydrogens (tertiary/aromatic N) is 1. The average molecular weight is 322 g/mol. The molecule has 2 saturated heterocycles. The lowest BCUT2D eigenvalue weighted by atomic mass is 10.0. The zero-order valence-corrected chi connectivity index (χ0v) is 13.9. The van der Waals surface area contributed by atoms with Crippen LogP contribution in [0, 0.1) is 0 Å². The van der Waals surface area contributed by atoms with Gasteiger partial charge in [0.15, 0.2) is 0 Å². The summed E-state index contributed by atoms with van der Waals surface area (Å²) >= 11 is 1.92. The smallest absolute Gasteiger partial charge is 0.258 e. The Balaban J connectivity index is 1.90. The second-order valence-corrected chi connectivity index (χ2v) is 7.02. The van der Waals surface area contributed by atoms with Crippen molar-refractivity contribution in [3.63, 3.8) is 0 Å². The lowest BCUT2D eigenvalue weighted by Crippen LogP contribution is -2.51. The Morgan fingerprint density at radius 2 is 2.05 bits per heavy atom. The predicted molar refractivity (Wildman–Crippen MR) is 87.9 cm³/mol. The van der Waals surface area contributed by atoms with E-state index in [0.29, 0.717) is 17.1 Å². The average Bonchev–Trinajstić information content (AvgIpc) is 2.97. The zero-order chi connectivity index (χ0) is 15.6. The van der Waals surface area contributed by atoms with Gasteiger partial charge in [0, 0.05) is 18.4 Å². The van der Waals surface area contributed by atoms with Crippen LogP contribution in [0.1, 0.15) is 23.2 Å². The van der Waals surface area contributed by atoms with Crippen molar-refractivity contribution in [3.05, 3.63) is 23.8 Å². The molecule has 1 aromatic rings. The van der Waals surface area contributed by atoms with Gasteiger partial charge in [-0.25, -0.2) is 0 Å². The first-order chi connectivity index (χ1) is 10.7. The molecular weight excluding hydrogens is 300 g/mol. The highest BCUT2D eigenvalue weighted by Crippen LogP contribution is 2.43. The molecule has 1 N–H and O–H groups in total. The lowest BCUT2D eigenvalue weighted by Gasteiger charge is -2.41. The Hall–Kier alpha value is -1.40. The van der Waals surface area contributed by atoms with Crippen LogP contribution >= 0.6 is 11.8 Å². The van der Waals surface area contributed by atoms with Crippen molar-refractivity contribution in [3.8, 4) is 11.5 Å². The predicted octanol–water partition coefficient (Wildman–Crippen LogP) is 1.97. The van der Waals surface area contributed by atoms with Crippen molar-refractivity contribution >= 4 is 17.7 Å². The third-order valence-corrected chi connectivity index (χ3v) is 6.00. The van der Waals surface area contributed by atoms with Crippen molar-refractivity contribution in [1.29, 1.82) is 0 Å². The van der Waals surface area contributed by atoms with Gasteiger partial charge in [-0.3, -0.25) is 4.79 Å². The molecule has 0 unspecified atom stereocenters. The van der Waals surface area contributed by atoms with Crippen LogP contribution in [0.4, 0.5) is 0 Å². The van der Waals surface area contributed by atoms with Gasteiger partial charge in [-0.15, -0.1) is 11.8 Å². The van der Waals surface area contributed by atoms with E-state index in [1.54, 1.807) is 26.4 Å². The van der Waals surface area contributed by atoms with E-state index in [1.165, 1.54) is 0 Å². The molecule has 2 aliphatic heterocycles. The maximum absolute atomic E-state index is 13.1. The van der Waals surface area contributed by atoms with Crippen LogP contribution < -0.4 is 14.8 Å². The van der Waals surface area contributed by atoms with Gasteiger partial charge < -0.3 is 19.7 Å². The SMILES string of the molecule is COc1ccc(C(=O)N2CCSC23CCNCC3)c(OC)c1. The van der Waals surface area contributed by atoms with E-state index >= 15 is 0 Å². The van der Waals surface area contributed by atoms with Crippen LogP contribution in [0.25, 0.3) is 0 Å². The van der Waals surface area contributed by atoms with Crippen molar-refractivity contribution in [2.24, 2.45) is 0 Å². The number of thioether (sulfide) groups is 1. The summed E-state index contributed by atoms with van der Waals surface area (Å²) in [6.07, 6.45) is 2.00. The summed E-state index contributed by atoms with van der Waals surface area (Å²) in [5.41, 5.74) is 0.615. The first-order valence-corrected chi connectivity index (χ1v) is 8.57. The summed E-state index contributed by atoms with van der Waals surface area (Å²) in [5, 5.41) is 3.38. The molecule has 2 aliphatic rings. The van der Waals surface area contributed by atoms with Crippen molar-refractivity contribution in [2.45, 2.75) is 17.7 Å². The number of amides is 1. The highest BCUT2D eigenvalue weighted by Gasteiger charge is 2.45. The lowest BCUT2D eigenvalue weighted by molar-refractivity contribution is 0.0631. The molecule has 6 heteroatoms. The largest absolute Gasteiger partial charge is 0.497 e. The van der Waals surface area contributed by atoms with Crippen LogP contribution in [-0.4, -0.2) is 55.3 Å². The van der Waals surface area contributed by atoms with Gasteiger partial charge >= 0.3 is 0 Å². The molecule has 0 bridgehead atoms. The number of benzene rings is 1. The standard InChI is InChI=1S/C16H22N2O3S/c1-20-12-3-4-13(14(11-12)21-2)15(19)18-9-10-22-16(18)5-7-17-8-6-16/h3-4,11,17H,5-10H2,1-2H3. The molecule has 1 amide bonds. The van der Waals surface area contributed by atoms with Gasteiger partial charge in [-0.2, -0.15) is 0 Å². The van der Waals surface area contributed by atoms with Gasteiger partial charge in [0.1, 0.15) is 11.5 Å². The molecular formula is C16H22N2O3S. The van der Waals surface area contributed by atoms with E-state index in [4.69, 9.17) is 9.47 Å². The molecule has 1 aromatic carbocycles. The summed E-state index contributed by atoms with van der Waals surface area (Å²) in [6, 6.07) is 5.39. The summed E-state index contributed by atoms with van der Waals surface area (Å²) < 4.78 is 10.6. The molecule has 0 aromatic heterocycles. The fourth-order valence-electron chi connectivity index (χ4n) is 3.25. The normalized spacial score (nSPS) is 20.2. The van der Waals surface area contributed by atoms with Crippen molar-refractivity contribution in [1.82, 2.24) is 10.2 Å². The van der Waals surface area contributed by atoms with Crippen LogP contribution in [0.15, 0.2) is 18.2 Å². The van der Waals surface area contributed by atoms with E-state index in [2.05, 4.69) is 5.32 Å². The monoisotopic (exact) mass is 322 g/mol. The summed E-state index contributed by atoms with van der Waals surface area (Å²) in [5.74, 6) is 2.34. The molecule has 5 nitrogen and oxygen atoms in total. The minimum atomic E-state index is -0.0483. The van der Waals surface area contributed by atoms with E-state index < -0.39 is 0 Å². The Labute approximate surface area is 135 Å². The van der Waals surface area contributed by atoms with Gasteiger partial charge in [0.2, 0.25) is 0 Å². The van der Waals surface area contributed by atoms with E-state index in [9.17, 15) is 4.79 Å². The molecule has 1 spiro atoms. The fraction of sp³-hybridized carbons (Fsp3) is 0.562. The van der Waals surface area contributed by atoms with Crippen molar-refractivity contribution < 1.29 is 14.3 Å². The number of carbonyl (C=O) groups excluding carboxylic acids is 1. The molecule has 0 atom stereocenters. The number of hydrogen-bond acceptors (Lipinski definition) is 5. The maximum atomic E-state index is 13.1. The highest BCUT2D eigenvalue weighted by atomic mass is 32.2. The second-order valence-electron chi connectivity index (χ2n) is 5.57. The number of hydrogen-bond donors (Lipinski definition) is 1. The molecule has 120 valence electrons. The molecule has 22 heavy (non-hydrogen) atoms. The molecule has 0 saturated carbocycles. The molecule has 3 rings (SSSR count). The van der Waals surface area contributed by atoms with Crippen LogP contribution in [0.3, 0.4) is 0 Å². The number of nitrogens with one attached hydrogen (secondary N) is 1. The maximum Gasteiger partial charge on any atom is 0.258 e. The summed E-state index contributed by atoms with van der Waals surface area (Å²) in [4.78, 5) is 15.1. The number of ether oxygens (including phenoxy) is 2. The van der Waals surface area contributed by atoms with Gasteiger partial charge in [0.25, 0.3) is 5.91 Å². The van der Waals surface area contributed by atoms with Crippen LogP contribution in [0.5, 0.6) is 11.5 Å². The summed E-state index contributed by atoms with van der Waals surface area (Å²) in [6.45, 7) is 2.74. The topological polar surface area (TPSA) is 50.8 Å².